The summed E-state index contributed by atoms with van der Waals surface area (Å²) in [5, 5.41) is 2.41. The fraction of sp³-hybridized carbons (Fsp3) is 0. The quantitative estimate of drug-likeness (QED) is 0.289. The summed E-state index contributed by atoms with van der Waals surface area (Å²) in [6, 6.07) is 40.0. The highest BCUT2D eigenvalue weighted by molar-refractivity contribution is 6.10. The standard InChI is InChI=1S/C32H22N4/c1-2-8-22(9-3-1)23-13-15-24(16-14-23)28-21-34-32(35-28)25-17-18-27-26-10-4-5-11-29(26)36(30(27)20-25)31-12-6-7-19-33-31/h1-21H,(H,34,35). The van der Waals surface area contributed by atoms with E-state index in [1.54, 1.807) is 0 Å². The Morgan fingerprint density at radius 2 is 1.22 bits per heavy atom. The van der Waals surface area contributed by atoms with Gasteiger partial charge in [0.05, 0.1) is 22.9 Å². The third kappa shape index (κ3) is 3.39. The van der Waals surface area contributed by atoms with Gasteiger partial charge >= 0.3 is 0 Å². The average Bonchev–Trinajstić information content (AvgIpc) is 3.57. The highest BCUT2D eigenvalue weighted by atomic mass is 15.1. The van der Waals surface area contributed by atoms with Crippen molar-refractivity contribution in [1.82, 2.24) is 19.5 Å². The zero-order valence-electron chi connectivity index (χ0n) is 19.5. The smallest absolute Gasteiger partial charge is 0.137 e. The van der Waals surface area contributed by atoms with Crippen molar-refractivity contribution in [2.45, 2.75) is 0 Å². The molecule has 7 aromatic rings. The molecule has 4 nitrogen and oxygen atoms in total. The van der Waals surface area contributed by atoms with Crippen molar-refractivity contribution >= 4 is 21.8 Å². The number of imidazole rings is 1. The van der Waals surface area contributed by atoms with Crippen molar-refractivity contribution in [2.75, 3.05) is 0 Å². The van der Waals surface area contributed by atoms with Gasteiger partial charge in [-0.05, 0) is 41.0 Å². The molecule has 0 bridgehead atoms. The number of nitrogens with zero attached hydrogens (tertiary/aromatic N) is 3. The predicted octanol–water partition coefficient (Wildman–Crippen LogP) is 7.90. The van der Waals surface area contributed by atoms with Crippen molar-refractivity contribution in [3.8, 4) is 39.6 Å². The van der Waals surface area contributed by atoms with Gasteiger partial charge in [-0.2, -0.15) is 0 Å². The van der Waals surface area contributed by atoms with Crippen LogP contribution in [0.5, 0.6) is 0 Å². The van der Waals surface area contributed by atoms with Crippen LogP contribution < -0.4 is 0 Å². The Morgan fingerprint density at radius 3 is 2.06 bits per heavy atom. The highest BCUT2D eigenvalue weighted by Gasteiger charge is 2.14. The van der Waals surface area contributed by atoms with E-state index in [4.69, 9.17) is 4.98 Å². The summed E-state index contributed by atoms with van der Waals surface area (Å²) in [5.74, 6) is 1.75. The number of hydrogen-bond acceptors (Lipinski definition) is 2. The van der Waals surface area contributed by atoms with Gasteiger partial charge in [0.2, 0.25) is 0 Å². The minimum Gasteiger partial charge on any atom is -0.338 e. The Morgan fingerprint density at radius 1 is 0.528 bits per heavy atom. The number of para-hydroxylation sites is 1. The SMILES string of the molecule is c1ccc(-c2ccc(-c3cnc(-c4ccc5c6ccccc6n(-c6ccccn6)c5c4)[nH]3)cc2)cc1. The lowest BCUT2D eigenvalue weighted by molar-refractivity contribution is 1.08. The topological polar surface area (TPSA) is 46.5 Å². The second-order valence-electron chi connectivity index (χ2n) is 8.86. The van der Waals surface area contributed by atoms with Gasteiger partial charge in [-0.1, -0.05) is 91.0 Å². The predicted molar refractivity (Wildman–Crippen MR) is 147 cm³/mol. The first-order chi connectivity index (χ1) is 17.8. The van der Waals surface area contributed by atoms with E-state index in [0.29, 0.717) is 0 Å². The maximum Gasteiger partial charge on any atom is 0.137 e. The van der Waals surface area contributed by atoms with Crippen LogP contribution in [0, 0.1) is 0 Å². The molecule has 4 heteroatoms. The number of H-pyrrole nitrogens is 1. The first kappa shape index (κ1) is 20.4. The number of hydrogen-bond donors (Lipinski definition) is 1. The second kappa shape index (κ2) is 8.36. The fourth-order valence-electron chi connectivity index (χ4n) is 4.94. The number of rotatable bonds is 4. The van der Waals surface area contributed by atoms with E-state index in [-0.39, 0.29) is 0 Å². The van der Waals surface area contributed by atoms with Crippen molar-refractivity contribution in [3.05, 3.63) is 128 Å². The number of aromatic nitrogens is 4. The molecule has 3 heterocycles. The summed E-state index contributed by atoms with van der Waals surface area (Å²) in [4.78, 5) is 12.9. The molecule has 3 aromatic heterocycles. The summed E-state index contributed by atoms with van der Waals surface area (Å²) in [6.07, 6.45) is 3.74. The Hall–Kier alpha value is -4.96. The van der Waals surface area contributed by atoms with Crippen molar-refractivity contribution in [2.24, 2.45) is 0 Å². The van der Waals surface area contributed by atoms with Crippen LogP contribution in [0.15, 0.2) is 128 Å². The van der Waals surface area contributed by atoms with Crippen molar-refractivity contribution in [3.63, 3.8) is 0 Å². The zero-order chi connectivity index (χ0) is 23.9. The van der Waals surface area contributed by atoms with Crippen LogP contribution in [0.1, 0.15) is 0 Å². The molecule has 0 atom stereocenters. The molecule has 36 heavy (non-hydrogen) atoms. The van der Waals surface area contributed by atoms with Crippen LogP contribution in [0.2, 0.25) is 0 Å². The van der Waals surface area contributed by atoms with E-state index < -0.39 is 0 Å². The lowest BCUT2D eigenvalue weighted by Crippen LogP contribution is -1.96. The third-order valence-corrected chi connectivity index (χ3v) is 6.70. The molecule has 0 aliphatic rings. The Kier molecular flexibility index (Phi) is 4.74. The van der Waals surface area contributed by atoms with Gasteiger partial charge in [0, 0.05) is 22.5 Å². The maximum atomic E-state index is 4.73. The number of fused-ring (bicyclic) bond motifs is 3. The van der Waals surface area contributed by atoms with Crippen LogP contribution in [-0.2, 0) is 0 Å². The van der Waals surface area contributed by atoms with E-state index in [1.807, 2.05) is 36.7 Å². The van der Waals surface area contributed by atoms with E-state index in [2.05, 4.69) is 106 Å². The molecular weight excluding hydrogens is 440 g/mol. The van der Waals surface area contributed by atoms with Gasteiger partial charge in [-0.3, -0.25) is 4.57 Å². The van der Waals surface area contributed by atoms with Gasteiger partial charge in [-0.15, -0.1) is 0 Å². The molecular formula is C32H22N4. The van der Waals surface area contributed by atoms with Gasteiger partial charge in [-0.25, -0.2) is 9.97 Å². The molecule has 0 saturated heterocycles. The molecule has 1 N–H and O–H groups in total. The average molecular weight is 463 g/mol. The fourth-order valence-corrected chi connectivity index (χ4v) is 4.94. The Bertz CT molecular complexity index is 1810. The summed E-state index contributed by atoms with van der Waals surface area (Å²) in [7, 11) is 0. The minimum atomic E-state index is 0.844. The molecule has 0 aliphatic carbocycles. The molecule has 170 valence electrons. The van der Waals surface area contributed by atoms with E-state index in [1.165, 1.54) is 21.9 Å². The molecule has 7 rings (SSSR count). The number of nitrogens with one attached hydrogen (secondary N) is 1. The number of pyridine rings is 1. The first-order valence-electron chi connectivity index (χ1n) is 12.0. The van der Waals surface area contributed by atoms with Crippen LogP contribution in [0.4, 0.5) is 0 Å². The molecule has 0 fully saturated rings. The van der Waals surface area contributed by atoms with Gasteiger partial charge in [0.25, 0.3) is 0 Å². The molecule has 0 radical (unpaired) electrons. The van der Waals surface area contributed by atoms with E-state index in [9.17, 15) is 0 Å². The third-order valence-electron chi connectivity index (χ3n) is 6.70. The highest BCUT2D eigenvalue weighted by Crippen LogP contribution is 2.34. The van der Waals surface area contributed by atoms with Crippen LogP contribution in [0.3, 0.4) is 0 Å². The largest absolute Gasteiger partial charge is 0.338 e. The molecule has 4 aromatic carbocycles. The van der Waals surface area contributed by atoms with Crippen LogP contribution >= 0.6 is 0 Å². The molecule has 0 spiro atoms. The molecule has 0 saturated carbocycles. The van der Waals surface area contributed by atoms with Crippen LogP contribution in [-0.4, -0.2) is 19.5 Å². The van der Waals surface area contributed by atoms with Crippen molar-refractivity contribution in [1.29, 1.82) is 0 Å². The van der Waals surface area contributed by atoms with Crippen LogP contribution in [0.25, 0.3) is 61.4 Å². The summed E-state index contributed by atoms with van der Waals surface area (Å²) < 4.78 is 2.22. The summed E-state index contributed by atoms with van der Waals surface area (Å²) in [6.45, 7) is 0. The lowest BCUT2D eigenvalue weighted by atomic mass is 10.0. The summed E-state index contributed by atoms with van der Waals surface area (Å²) >= 11 is 0. The Labute approximate surface area is 208 Å². The van der Waals surface area contributed by atoms with Gasteiger partial charge < -0.3 is 4.98 Å². The van der Waals surface area contributed by atoms with E-state index in [0.717, 1.165) is 39.5 Å². The molecule has 0 unspecified atom stereocenters. The normalized spacial score (nSPS) is 11.3. The maximum absolute atomic E-state index is 4.73. The second-order valence-corrected chi connectivity index (χ2v) is 8.86. The molecule has 0 amide bonds. The van der Waals surface area contributed by atoms with Crippen molar-refractivity contribution < 1.29 is 0 Å². The zero-order valence-corrected chi connectivity index (χ0v) is 19.5. The Balaban J connectivity index is 1.30. The van der Waals surface area contributed by atoms with Gasteiger partial charge in [0.1, 0.15) is 11.6 Å². The number of aromatic amines is 1. The first-order valence-corrected chi connectivity index (χ1v) is 12.0. The van der Waals surface area contributed by atoms with Gasteiger partial charge in [0.15, 0.2) is 0 Å². The number of benzene rings is 4. The monoisotopic (exact) mass is 462 g/mol. The molecule has 0 aliphatic heterocycles. The van der Waals surface area contributed by atoms with E-state index >= 15 is 0 Å². The lowest BCUT2D eigenvalue weighted by Gasteiger charge is -2.07. The summed E-state index contributed by atoms with van der Waals surface area (Å²) in [5.41, 5.74) is 7.80. The minimum absolute atomic E-state index is 0.844.